The monoisotopic (exact) mass is 213 g/mol. The van der Waals surface area contributed by atoms with Crippen molar-refractivity contribution in [2.75, 3.05) is 0 Å². The first-order valence-electron chi connectivity index (χ1n) is 3.00. The van der Waals surface area contributed by atoms with Crippen LogP contribution in [0.5, 0.6) is 0 Å². The second kappa shape index (κ2) is 3.49. The van der Waals surface area contributed by atoms with Gasteiger partial charge < -0.3 is 0 Å². The topological polar surface area (TPSA) is 4.36 Å². The van der Waals surface area contributed by atoms with Crippen LogP contribution in [0.15, 0.2) is 18.2 Å². The Labute approximate surface area is 72.8 Å². The van der Waals surface area contributed by atoms with E-state index < -0.39 is 0 Å². The molecule has 1 aromatic rings. The summed E-state index contributed by atoms with van der Waals surface area (Å²) in [7, 11) is 0. The molecule has 0 bridgehead atoms. The van der Waals surface area contributed by atoms with E-state index in [-0.39, 0.29) is 5.82 Å². The zero-order valence-electron chi connectivity index (χ0n) is 5.64. The standard InChI is InChI=1S/C8H5BrFN/c1-11-8-4-7(10)3-2-6(8)5-9/h2-4H,5H2. The van der Waals surface area contributed by atoms with Crippen molar-refractivity contribution in [1.82, 2.24) is 0 Å². The van der Waals surface area contributed by atoms with Gasteiger partial charge in [0, 0.05) is 5.33 Å². The highest BCUT2D eigenvalue weighted by atomic mass is 79.9. The molecule has 0 fully saturated rings. The molecule has 0 amide bonds. The van der Waals surface area contributed by atoms with Crippen LogP contribution in [0.25, 0.3) is 4.85 Å². The molecule has 0 heterocycles. The number of nitrogens with zero attached hydrogens (tertiary/aromatic N) is 1. The first-order valence-corrected chi connectivity index (χ1v) is 4.12. The van der Waals surface area contributed by atoms with Gasteiger partial charge in [0.2, 0.25) is 0 Å². The smallest absolute Gasteiger partial charge is 0.194 e. The van der Waals surface area contributed by atoms with Crippen molar-refractivity contribution in [1.29, 1.82) is 0 Å². The van der Waals surface area contributed by atoms with Gasteiger partial charge in [-0.05, 0) is 17.7 Å². The van der Waals surface area contributed by atoms with Crippen molar-refractivity contribution in [3.8, 4) is 0 Å². The van der Waals surface area contributed by atoms with Crippen molar-refractivity contribution in [3.05, 3.63) is 41.0 Å². The van der Waals surface area contributed by atoms with Gasteiger partial charge in [-0.2, -0.15) is 0 Å². The van der Waals surface area contributed by atoms with Crippen LogP contribution in [-0.4, -0.2) is 0 Å². The molecule has 0 aliphatic heterocycles. The maximum Gasteiger partial charge on any atom is 0.194 e. The van der Waals surface area contributed by atoms with E-state index in [4.69, 9.17) is 6.57 Å². The SMILES string of the molecule is [C-]#[N+]c1cc(F)ccc1CBr. The fraction of sp³-hybridized carbons (Fsp3) is 0.125. The lowest BCUT2D eigenvalue weighted by molar-refractivity contribution is 0.628. The second-order valence-electron chi connectivity index (χ2n) is 2.02. The fourth-order valence-corrected chi connectivity index (χ4v) is 1.23. The highest BCUT2D eigenvalue weighted by molar-refractivity contribution is 9.08. The van der Waals surface area contributed by atoms with Crippen molar-refractivity contribution in [2.24, 2.45) is 0 Å². The van der Waals surface area contributed by atoms with Gasteiger partial charge in [0.1, 0.15) is 5.82 Å². The molecule has 0 unspecified atom stereocenters. The normalized spacial score (nSPS) is 9.18. The molecule has 1 aromatic carbocycles. The molecular weight excluding hydrogens is 209 g/mol. The lowest BCUT2D eigenvalue weighted by Crippen LogP contribution is -1.79. The van der Waals surface area contributed by atoms with Gasteiger partial charge in [0.25, 0.3) is 0 Å². The second-order valence-corrected chi connectivity index (χ2v) is 2.58. The van der Waals surface area contributed by atoms with E-state index in [2.05, 4.69) is 20.8 Å². The van der Waals surface area contributed by atoms with Gasteiger partial charge in [-0.15, -0.1) is 0 Å². The van der Waals surface area contributed by atoms with Gasteiger partial charge in [-0.1, -0.05) is 22.0 Å². The summed E-state index contributed by atoms with van der Waals surface area (Å²) in [6.07, 6.45) is 0. The molecule has 0 radical (unpaired) electrons. The molecule has 3 heteroatoms. The number of hydrogen-bond donors (Lipinski definition) is 0. The Morgan fingerprint density at radius 3 is 2.82 bits per heavy atom. The molecule has 0 aliphatic rings. The van der Waals surface area contributed by atoms with Crippen molar-refractivity contribution >= 4 is 21.6 Å². The first kappa shape index (κ1) is 8.22. The molecule has 0 N–H and O–H groups in total. The largest absolute Gasteiger partial charge is 0.238 e. The van der Waals surface area contributed by atoms with Gasteiger partial charge in [0.15, 0.2) is 5.69 Å². The molecule has 56 valence electrons. The summed E-state index contributed by atoms with van der Waals surface area (Å²) in [6, 6.07) is 4.20. The Morgan fingerprint density at radius 2 is 2.27 bits per heavy atom. The maximum atomic E-state index is 12.5. The predicted octanol–water partition coefficient (Wildman–Crippen LogP) is 3.27. The lowest BCUT2D eigenvalue weighted by atomic mass is 10.2. The van der Waals surface area contributed by atoms with Crippen LogP contribution in [0.2, 0.25) is 0 Å². The molecule has 11 heavy (non-hydrogen) atoms. The minimum atomic E-state index is -0.360. The van der Waals surface area contributed by atoms with Crippen LogP contribution in [0, 0.1) is 12.4 Å². The third-order valence-corrected chi connectivity index (χ3v) is 1.92. The minimum Gasteiger partial charge on any atom is -0.238 e. The minimum absolute atomic E-state index is 0.360. The highest BCUT2D eigenvalue weighted by Crippen LogP contribution is 2.22. The summed E-state index contributed by atoms with van der Waals surface area (Å²) in [4.78, 5) is 3.18. The summed E-state index contributed by atoms with van der Waals surface area (Å²) >= 11 is 3.21. The van der Waals surface area contributed by atoms with Crippen LogP contribution < -0.4 is 0 Å². The summed E-state index contributed by atoms with van der Waals surface area (Å²) in [5.41, 5.74) is 1.20. The number of alkyl halides is 1. The van der Waals surface area contributed by atoms with Crippen LogP contribution in [0.3, 0.4) is 0 Å². The van der Waals surface area contributed by atoms with Crippen LogP contribution in [-0.2, 0) is 5.33 Å². The van der Waals surface area contributed by atoms with Crippen LogP contribution in [0.4, 0.5) is 10.1 Å². The predicted molar refractivity (Wildman–Crippen MR) is 45.3 cm³/mol. The van der Waals surface area contributed by atoms with E-state index in [1.54, 1.807) is 6.07 Å². The van der Waals surface area contributed by atoms with E-state index in [1.807, 2.05) is 0 Å². The third kappa shape index (κ3) is 1.78. The summed E-state index contributed by atoms with van der Waals surface area (Å²) < 4.78 is 12.5. The Bertz CT molecular complexity index is 303. The zero-order chi connectivity index (χ0) is 8.27. The van der Waals surface area contributed by atoms with Crippen molar-refractivity contribution in [2.45, 2.75) is 5.33 Å². The van der Waals surface area contributed by atoms with Crippen molar-refractivity contribution < 1.29 is 4.39 Å². The lowest BCUT2D eigenvalue weighted by Gasteiger charge is -1.97. The maximum absolute atomic E-state index is 12.5. The Kier molecular flexibility index (Phi) is 2.61. The molecule has 0 atom stereocenters. The molecule has 0 aromatic heterocycles. The molecule has 0 saturated carbocycles. The van der Waals surface area contributed by atoms with Crippen molar-refractivity contribution in [3.63, 3.8) is 0 Å². The van der Waals surface area contributed by atoms with Gasteiger partial charge in [0.05, 0.1) is 6.57 Å². The van der Waals surface area contributed by atoms with E-state index in [1.165, 1.54) is 12.1 Å². The van der Waals surface area contributed by atoms with Crippen LogP contribution in [0.1, 0.15) is 5.56 Å². The van der Waals surface area contributed by atoms with E-state index in [9.17, 15) is 4.39 Å². The zero-order valence-corrected chi connectivity index (χ0v) is 7.23. The van der Waals surface area contributed by atoms with Gasteiger partial charge in [-0.25, -0.2) is 9.24 Å². The van der Waals surface area contributed by atoms with Gasteiger partial charge in [-0.3, -0.25) is 0 Å². The molecular formula is C8H5BrFN. The fourth-order valence-electron chi connectivity index (χ4n) is 0.754. The first-order chi connectivity index (χ1) is 5.27. The molecule has 0 saturated heterocycles. The highest BCUT2D eigenvalue weighted by Gasteiger charge is 2.00. The number of halogens is 2. The van der Waals surface area contributed by atoms with E-state index >= 15 is 0 Å². The summed E-state index contributed by atoms with van der Waals surface area (Å²) in [6.45, 7) is 6.72. The Hall–Kier alpha value is -0.880. The average molecular weight is 214 g/mol. The average Bonchev–Trinajstić information content (AvgIpc) is 2.04. The molecule has 0 spiro atoms. The third-order valence-electron chi connectivity index (χ3n) is 1.31. The Balaban J connectivity index is 3.19. The van der Waals surface area contributed by atoms with E-state index in [0.717, 1.165) is 5.56 Å². The molecule has 1 rings (SSSR count). The molecule has 0 aliphatic carbocycles. The summed E-state index contributed by atoms with van der Waals surface area (Å²) in [5, 5.41) is 0.588. The Morgan fingerprint density at radius 1 is 1.55 bits per heavy atom. The van der Waals surface area contributed by atoms with Crippen LogP contribution >= 0.6 is 15.9 Å². The number of benzene rings is 1. The van der Waals surface area contributed by atoms with E-state index in [0.29, 0.717) is 11.0 Å². The number of hydrogen-bond acceptors (Lipinski definition) is 0. The number of rotatable bonds is 1. The summed E-state index contributed by atoms with van der Waals surface area (Å²) in [5.74, 6) is -0.360. The van der Waals surface area contributed by atoms with Gasteiger partial charge >= 0.3 is 0 Å². The quantitative estimate of drug-likeness (QED) is 0.499. The molecule has 1 nitrogen and oxygen atoms in total.